The van der Waals surface area contributed by atoms with Crippen LogP contribution in [-0.4, -0.2) is 60.3 Å². The van der Waals surface area contributed by atoms with Crippen LogP contribution in [0.3, 0.4) is 0 Å². The van der Waals surface area contributed by atoms with Crippen LogP contribution in [0.1, 0.15) is 12.8 Å². The van der Waals surface area contributed by atoms with Gasteiger partial charge in [0.05, 0.1) is 34.1 Å². The first-order valence-electron chi connectivity index (χ1n) is 8.34. The van der Waals surface area contributed by atoms with Crippen molar-refractivity contribution in [3.05, 3.63) is 17.0 Å². The summed E-state index contributed by atoms with van der Waals surface area (Å²) in [5.41, 5.74) is 0.669. The van der Waals surface area contributed by atoms with Crippen molar-refractivity contribution in [2.45, 2.75) is 25.6 Å². The summed E-state index contributed by atoms with van der Waals surface area (Å²) >= 11 is 5.30. The van der Waals surface area contributed by atoms with Gasteiger partial charge in [0.2, 0.25) is 11.6 Å². The fourth-order valence-electron chi connectivity index (χ4n) is 3.07. The van der Waals surface area contributed by atoms with Crippen molar-refractivity contribution in [1.82, 2.24) is 14.7 Å². The molecule has 0 unspecified atom stereocenters. The van der Waals surface area contributed by atoms with Gasteiger partial charge in [0.15, 0.2) is 11.5 Å². The van der Waals surface area contributed by atoms with Crippen LogP contribution >= 0.6 is 12.2 Å². The first-order chi connectivity index (χ1) is 12.5. The number of nitrogens with zero attached hydrogens (tertiary/aromatic N) is 3. The first kappa shape index (κ1) is 18.7. The second-order valence-corrected chi connectivity index (χ2v) is 6.45. The number of rotatable bonds is 6. The van der Waals surface area contributed by atoms with E-state index in [1.807, 2.05) is 0 Å². The van der Waals surface area contributed by atoms with Gasteiger partial charge < -0.3 is 23.7 Å². The molecule has 9 heteroatoms. The highest BCUT2D eigenvalue weighted by atomic mass is 32.1. The molecule has 2 aromatic rings. The Labute approximate surface area is 156 Å². The van der Waals surface area contributed by atoms with Gasteiger partial charge in [0, 0.05) is 18.7 Å². The van der Waals surface area contributed by atoms with Gasteiger partial charge in [-0.05, 0) is 37.2 Å². The number of hydrogen-bond donors (Lipinski definition) is 1. The van der Waals surface area contributed by atoms with Crippen LogP contribution in [0.15, 0.2) is 16.5 Å². The Bertz CT molecular complexity index is 794. The molecule has 2 heterocycles. The van der Waals surface area contributed by atoms with E-state index in [1.54, 1.807) is 38.1 Å². The maximum absolute atomic E-state index is 9.81. The summed E-state index contributed by atoms with van der Waals surface area (Å²) < 4.78 is 23.4. The van der Waals surface area contributed by atoms with E-state index in [0.717, 1.165) is 19.4 Å². The second kappa shape index (κ2) is 8.07. The number of aliphatic hydroxyl groups is 1. The van der Waals surface area contributed by atoms with Crippen LogP contribution in [0.2, 0.25) is 0 Å². The van der Waals surface area contributed by atoms with E-state index in [-0.39, 0.29) is 10.9 Å². The minimum atomic E-state index is -0.306. The molecule has 0 radical (unpaired) electrons. The Kier molecular flexibility index (Phi) is 5.80. The highest BCUT2D eigenvalue weighted by Gasteiger charge is 2.21. The van der Waals surface area contributed by atoms with E-state index >= 15 is 0 Å². The highest BCUT2D eigenvalue weighted by Crippen LogP contribution is 2.40. The molecule has 1 saturated heterocycles. The van der Waals surface area contributed by atoms with Crippen LogP contribution in [0.25, 0.3) is 11.5 Å². The van der Waals surface area contributed by atoms with Crippen molar-refractivity contribution >= 4 is 12.2 Å². The van der Waals surface area contributed by atoms with Gasteiger partial charge in [0.1, 0.15) is 0 Å². The van der Waals surface area contributed by atoms with Crippen molar-refractivity contribution in [3.8, 4) is 28.7 Å². The van der Waals surface area contributed by atoms with Crippen molar-refractivity contribution in [2.75, 3.05) is 34.4 Å². The summed E-state index contributed by atoms with van der Waals surface area (Å²) in [5.74, 6) is 1.89. The molecule has 0 aliphatic carbocycles. The molecule has 3 rings (SSSR count). The summed E-state index contributed by atoms with van der Waals surface area (Å²) in [7, 11) is 4.65. The van der Waals surface area contributed by atoms with Crippen LogP contribution < -0.4 is 14.2 Å². The van der Waals surface area contributed by atoms with E-state index in [4.69, 9.17) is 30.8 Å². The number of aromatic nitrogens is 2. The van der Waals surface area contributed by atoms with Crippen molar-refractivity contribution < 1.29 is 23.7 Å². The number of methoxy groups -OCH3 is 3. The molecule has 1 atom stereocenters. The lowest BCUT2D eigenvalue weighted by molar-refractivity contribution is 0.0509. The zero-order valence-electron chi connectivity index (χ0n) is 15.1. The molecular weight excluding hydrogens is 358 g/mol. The Morgan fingerprint density at radius 2 is 1.92 bits per heavy atom. The van der Waals surface area contributed by atoms with Crippen molar-refractivity contribution in [2.24, 2.45) is 0 Å². The van der Waals surface area contributed by atoms with Gasteiger partial charge in [-0.3, -0.25) is 4.90 Å². The molecular formula is C17H23N3O5S. The van der Waals surface area contributed by atoms with E-state index in [1.165, 1.54) is 0 Å². The quantitative estimate of drug-likeness (QED) is 0.764. The summed E-state index contributed by atoms with van der Waals surface area (Å²) in [6, 6.07) is 3.52. The Balaban J connectivity index is 1.90. The lowest BCUT2D eigenvalue weighted by Crippen LogP contribution is -2.39. The molecule has 0 bridgehead atoms. The minimum absolute atomic E-state index is 0.272. The first-order valence-corrected chi connectivity index (χ1v) is 8.75. The third-order valence-electron chi connectivity index (χ3n) is 4.33. The zero-order valence-corrected chi connectivity index (χ0v) is 15.9. The molecule has 1 aromatic heterocycles. The molecule has 142 valence electrons. The third-order valence-corrected chi connectivity index (χ3v) is 4.63. The number of ether oxygens (including phenoxy) is 3. The SMILES string of the molecule is COc1cc(-c2nn(CN3CCC[C@@H](O)C3)c(=S)o2)cc(OC)c1OC. The smallest absolute Gasteiger partial charge is 0.288 e. The maximum atomic E-state index is 9.81. The van der Waals surface area contributed by atoms with Crippen LogP contribution in [0.4, 0.5) is 0 Å². The molecule has 0 saturated carbocycles. The van der Waals surface area contributed by atoms with Gasteiger partial charge in [-0.25, -0.2) is 4.68 Å². The average molecular weight is 381 g/mol. The topological polar surface area (TPSA) is 82.1 Å². The van der Waals surface area contributed by atoms with Crippen LogP contribution in [-0.2, 0) is 6.67 Å². The number of piperidine rings is 1. The molecule has 0 amide bonds. The Morgan fingerprint density at radius 1 is 1.23 bits per heavy atom. The van der Waals surface area contributed by atoms with Gasteiger partial charge >= 0.3 is 0 Å². The standard InChI is InChI=1S/C17H23N3O5S/c1-22-13-7-11(8-14(23-2)15(13)24-3)16-18-20(17(26)25-16)10-19-6-4-5-12(21)9-19/h7-8,12,21H,4-6,9-10H2,1-3H3/t12-/m1/s1. The predicted octanol–water partition coefficient (Wildman–Crippen LogP) is 2.31. The van der Waals surface area contributed by atoms with Gasteiger partial charge in [-0.15, -0.1) is 5.10 Å². The largest absolute Gasteiger partial charge is 0.493 e. The van der Waals surface area contributed by atoms with Crippen molar-refractivity contribution in [1.29, 1.82) is 0 Å². The summed E-state index contributed by atoms with van der Waals surface area (Å²) in [5, 5.41) is 14.3. The van der Waals surface area contributed by atoms with Gasteiger partial charge in [-0.2, -0.15) is 0 Å². The fraction of sp³-hybridized carbons (Fsp3) is 0.529. The minimum Gasteiger partial charge on any atom is -0.493 e. The molecule has 26 heavy (non-hydrogen) atoms. The fourth-order valence-corrected chi connectivity index (χ4v) is 3.24. The van der Waals surface area contributed by atoms with Gasteiger partial charge in [0.25, 0.3) is 4.84 Å². The summed E-state index contributed by atoms with van der Waals surface area (Å²) in [6.45, 7) is 1.98. The van der Waals surface area contributed by atoms with Crippen molar-refractivity contribution in [3.63, 3.8) is 0 Å². The molecule has 1 N–H and O–H groups in total. The average Bonchev–Trinajstić information content (AvgIpc) is 3.01. The lowest BCUT2D eigenvalue weighted by atomic mass is 10.1. The highest BCUT2D eigenvalue weighted by molar-refractivity contribution is 7.71. The van der Waals surface area contributed by atoms with Crippen LogP contribution in [0.5, 0.6) is 17.2 Å². The summed E-state index contributed by atoms with van der Waals surface area (Å²) in [6.07, 6.45) is 1.48. The zero-order chi connectivity index (χ0) is 18.7. The Hall–Kier alpha value is -2.10. The monoisotopic (exact) mass is 381 g/mol. The van der Waals surface area contributed by atoms with E-state index in [0.29, 0.717) is 41.9 Å². The molecule has 1 aliphatic heterocycles. The van der Waals surface area contributed by atoms with Crippen LogP contribution in [0, 0.1) is 4.84 Å². The number of likely N-dealkylation sites (tertiary alicyclic amines) is 1. The second-order valence-electron chi connectivity index (χ2n) is 6.10. The number of β-amino-alcohol motifs (C(OH)–C–C–N with tert-alkyl or cyclic N) is 1. The van der Waals surface area contributed by atoms with E-state index in [9.17, 15) is 5.11 Å². The van der Waals surface area contributed by atoms with Gasteiger partial charge in [-0.1, -0.05) is 0 Å². The maximum Gasteiger partial charge on any atom is 0.288 e. The lowest BCUT2D eigenvalue weighted by Gasteiger charge is -2.29. The number of benzene rings is 1. The molecule has 8 nitrogen and oxygen atoms in total. The molecule has 1 aliphatic rings. The molecule has 1 fully saturated rings. The van der Waals surface area contributed by atoms with E-state index < -0.39 is 0 Å². The summed E-state index contributed by atoms with van der Waals surface area (Å²) in [4.78, 5) is 2.37. The molecule has 0 spiro atoms. The van der Waals surface area contributed by atoms with E-state index in [2.05, 4.69) is 10.00 Å². The number of hydrogen-bond acceptors (Lipinski definition) is 8. The Morgan fingerprint density at radius 3 is 2.50 bits per heavy atom. The predicted molar refractivity (Wildman–Crippen MR) is 97.2 cm³/mol. The third kappa shape index (κ3) is 3.84. The molecule has 1 aromatic carbocycles. The normalized spacial score (nSPS) is 17.9. The number of aliphatic hydroxyl groups excluding tert-OH is 1.